The van der Waals surface area contributed by atoms with Crippen molar-refractivity contribution in [1.29, 1.82) is 0 Å². The third-order valence-electron chi connectivity index (χ3n) is 15.5. The Kier molecular flexibility index (Phi) is 22.0. The molecule has 0 fully saturated rings. The molecule has 0 aliphatic carbocycles. The number of rotatable bonds is 20. The molecule has 448 valence electrons. The van der Waals surface area contributed by atoms with Crippen LogP contribution in [0.3, 0.4) is 0 Å². The van der Waals surface area contributed by atoms with Gasteiger partial charge in [-0.15, -0.1) is 0 Å². The van der Waals surface area contributed by atoms with Crippen LogP contribution in [-0.2, 0) is 107 Å². The minimum Gasteiger partial charge on any atom is -0.465 e. The van der Waals surface area contributed by atoms with Crippen LogP contribution >= 0.6 is 0 Å². The lowest BCUT2D eigenvalue weighted by molar-refractivity contribution is -0.170. The lowest BCUT2D eigenvalue weighted by Gasteiger charge is -2.32. The highest BCUT2D eigenvalue weighted by atomic mass is 16.6. The summed E-state index contributed by atoms with van der Waals surface area (Å²) in [6, 6.07) is 26.4. The van der Waals surface area contributed by atoms with Crippen molar-refractivity contribution in [2.75, 3.05) is 26.4 Å². The average molecular weight is 1110 g/mol. The van der Waals surface area contributed by atoms with Gasteiger partial charge >= 0.3 is 23.9 Å². The molecular weight excluding hydrogens is 1000 g/mol. The zero-order chi connectivity index (χ0) is 61.5. The molecule has 0 radical (unpaired) electrons. The number of carbonyl (C=O) groups is 4. The van der Waals surface area contributed by atoms with E-state index in [0.29, 0.717) is 25.7 Å². The second-order valence-corrected chi connectivity index (χ2v) is 31.8. The van der Waals surface area contributed by atoms with E-state index in [2.05, 4.69) is 239 Å². The van der Waals surface area contributed by atoms with Crippen LogP contribution in [0.25, 0.3) is 0 Å². The molecule has 8 nitrogen and oxygen atoms in total. The molecule has 0 atom stereocenters. The molecule has 8 heteroatoms. The summed E-state index contributed by atoms with van der Waals surface area (Å²) < 4.78 is 24.7. The van der Waals surface area contributed by atoms with Gasteiger partial charge in [0.25, 0.3) is 0 Å². The summed E-state index contributed by atoms with van der Waals surface area (Å²) in [7, 11) is 0. The predicted octanol–water partition coefficient (Wildman–Crippen LogP) is 17.1. The molecule has 0 saturated heterocycles. The van der Waals surface area contributed by atoms with E-state index >= 15 is 0 Å². The van der Waals surface area contributed by atoms with Crippen molar-refractivity contribution < 1.29 is 38.1 Å². The lowest BCUT2D eigenvalue weighted by atomic mass is 9.79. The highest BCUT2D eigenvalue weighted by Gasteiger charge is 2.38. The predicted molar refractivity (Wildman–Crippen MR) is 335 cm³/mol. The van der Waals surface area contributed by atoms with Crippen LogP contribution in [0.4, 0.5) is 0 Å². The number of ether oxygens (including phenoxy) is 4. The minimum absolute atomic E-state index is 0.0746. The van der Waals surface area contributed by atoms with Gasteiger partial charge in [-0.05, 0) is 136 Å². The maximum Gasteiger partial charge on any atom is 0.306 e. The SMILES string of the molecule is CC(C)(C)c1cc(CCC(=O)OCC(COC(=O)CCc2cc(C(C)(C)C)cc(C(C)(C)C)c2)(COC(=O)CCc2cc(C(C)(C)C)cc(C(C)(C)C)c2)COC(=O)CCc2cc(C(C)(C)C)cc(C(C)(C)C)c2)cc(C(C)(C)C)c1. The molecule has 0 aliphatic rings. The van der Waals surface area contributed by atoms with Gasteiger partial charge in [0.2, 0.25) is 0 Å². The Balaban J connectivity index is 1.72. The fourth-order valence-electron chi connectivity index (χ4n) is 9.27. The van der Waals surface area contributed by atoms with Crippen LogP contribution in [0.15, 0.2) is 72.8 Å². The molecule has 0 heterocycles. The summed E-state index contributed by atoms with van der Waals surface area (Å²) in [5, 5.41) is 0. The second kappa shape index (κ2) is 26.1. The molecule has 0 saturated carbocycles. The van der Waals surface area contributed by atoms with Gasteiger partial charge in [0.05, 0.1) is 0 Å². The topological polar surface area (TPSA) is 105 Å². The van der Waals surface area contributed by atoms with Crippen molar-refractivity contribution >= 4 is 23.9 Å². The molecule has 4 aromatic carbocycles. The van der Waals surface area contributed by atoms with Gasteiger partial charge in [-0.1, -0.05) is 239 Å². The largest absolute Gasteiger partial charge is 0.465 e. The van der Waals surface area contributed by atoms with Crippen molar-refractivity contribution in [3.8, 4) is 0 Å². The standard InChI is InChI=1S/C73H108O8/c1-65(2,3)53-33-49(34-54(41-53)66(4,5)6)25-29-61(74)78-45-73(46-79-62(75)30-26-50-35-55(67(7,8)9)42-56(36-50)68(10,11)12,47-80-63(76)31-27-51-37-57(69(13,14)15)43-58(38-51)70(16,17)18)48-81-64(77)32-28-52-39-59(71(19,20)21)44-60(40-52)72(22,23)24/h33-44H,25-32,45-48H2,1-24H3. The zero-order valence-corrected chi connectivity index (χ0v) is 55.2. The molecule has 0 aliphatic heterocycles. The van der Waals surface area contributed by atoms with Crippen molar-refractivity contribution in [3.05, 3.63) is 140 Å². The molecular formula is C73H108O8. The Labute approximate surface area is 492 Å². The number of hydrogen-bond acceptors (Lipinski definition) is 8. The molecule has 4 aromatic rings. The third kappa shape index (κ3) is 21.8. The number of benzene rings is 4. The van der Waals surface area contributed by atoms with Gasteiger partial charge in [0.15, 0.2) is 0 Å². The summed E-state index contributed by atoms with van der Waals surface area (Å²) >= 11 is 0. The summed E-state index contributed by atoms with van der Waals surface area (Å²) in [6.45, 7) is 51.2. The van der Waals surface area contributed by atoms with Gasteiger partial charge in [-0.25, -0.2) is 0 Å². The Hall–Kier alpha value is -5.24. The Bertz CT molecular complexity index is 2290. The third-order valence-corrected chi connectivity index (χ3v) is 15.5. The van der Waals surface area contributed by atoms with Crippen LogP contribution in [0.1, 0.15) is 259 Å². The number of esters is 4. The Morgan fingerprint density at radius 2 is 0.383 bits per heavy atom. The molecule has 0 unspecified atom stereocenters. The van der Waals surface area contributed by atoms with E-state index < -0.39 is 29.3 Å². The van der Waals surface area contributed by atoms with E-state index in [0.717, 1.165) is 22.3 Å². The Morgan fingerprint density at radius 3 is 0.506 bits per heavy atom. The first kappa shape index (κ1) is 68.3. The molecule has 0 aromatic heterocycles. The van der Waals surface area contributed by atoms with E-state index in [1.807, 2.05) is 0 Å². The number of hydrogen-bond donors (Lipinski definition) is 0. The highest BCUT2D eigenvalue weighted by molar-refractivity contribution is 5.72. The van der Waals surface area contributed by atoms with E-state index in [9.17, 15) is 19.2 Å². The van der Waals surface area contributed by atoms with Crippen LogP contribution in [-0.4, -0.2) is 50.3 Å². The van der Waals surface area contributed by atoms with Crippen LogP contribution < -0.4 is 0 Å². The zero-order valence-electron chi connectivity index (χ0n) is 55.2. The first-order valence-corrected chi connectivity index (χ1v) is 30.0. The van der Waals surface area contributed by atoms with E-state index in [1.165, 1.54) is 44.5 Å². The molecule has 0 bridgehead atoms. The molecule has 4 rings (SSSR count). The van der Waals surface area contributed by atoms with Gasteiger partial charge in [0.1, 0.15) is 31.8 Å². The number of aryl methyl sites for hydroxylation is 4. The van der Waals surface area contributed by atoms with Gasteiger partial charge in [-0.3, -0.25) is 19.2 Å². The lowest BCUT2D eigenvalue weighted by Crippen LogP contribution is -2.44. The second-order valence-electron chi connectivity index (χ2n) is 31.8. The molecule has 0 spiro atoms. The van der Waals surface area contributed by atoms with E-state index in [4.69, 9.17) is 18.9 Å². The highest BCUT2D eigenvalue weighted by Crippen LogP contribution is 2.36. The average Bonchev–Trinajstić information content (AvgIpc) is 3.33. The van der Waals surface area contributed by atoms with Gasteiger partial charge in [0, 0.05) is 25.7 Å². The van der Waals surface area contributed by atoms with Gasteiger partial charge < -0.3 is 18.9 Å². The van der Waals surface area contributed by atoms with Crippen molar-refractivity contribution in [2.24, 2.45) is 5.41 Å². The monoisotopic (exact) mass is 1110 g/mol. The van der Waals surface area contributed by atoms with Gasteiger partial charge in [-0.2, -0.15) is 0 Å². The van der Waals surface area contributed by atoms with Crippen molar-refractivity contribution in [1.82, 2.24) is 0 Å². The van der Waals surface area contributed by atoms with Crippen molar-refractivity contribution in [2.45, 2.75) is 261 Å². The summed E-state index contributed by atoms with van der Waals surface area (Å²) in [5.74, 6) is -1.90. The smallest absolute Gasteiger partial charge is 0.306 e. The molecule has 0 amide bonds. The van der Waals surface area contributed by atoms with Crippen molar-refractivity contribution in [3.63, 3.8) is 0 Å². The normalized spacial score (nSPS) is 13.2. The first-order chi connectivity index (χ1) is 36.7. The maximum absolute atomic E-state index is 14.1. The van der Waals surface area contributed by atoms with Crippen LogP contribution in [0.5, 0.6) is 0 Å². The fourth-order valence-corrected chi connectivity index (χ4v) is 9.27. The fraction of sp³-hybridized carbons (Fsp3) is 0.616. The first-order valence-electron chi connectivity index (χ1n) is 30.0. The van der Waals surface area contributed by atoms with E-state index in [1.54, 1.807) is 0 Å². The molecule has 81 heavy (non-hydrogen) atoms. The summed E-state index contributed by atoms with van der Waals surface area (Å²) in [6.07, 6.45) is 2.04. The molecule has 0 N–H and O–H groups in total. The van der Waals surface area contributed by atoms with Crippen LogP contribution in [0, 0.1) is 5.41 Å². The number of carbonyl (C=O) groups excluding carboxylic acids is 4. The quantitative estimate of drug-likeness (QED) is 0.0637. The minimum atomic E-state index is -1.44. The van der Waals surface area contributed by atoms with E-state index in [-0.39, 0.29) is 95.4 Å². The summed E-state index contributed by atoms with van der Waals surface area (Å²) in [4.78, 5) is 56.2. The maximum atomic E-state index is 14.1. The van der Waals surface area contributed by atoms with Crippen LogP contribution in [0.2, 0.25) is 0 Å². The Morgan fingerprint density at radius 1 is 0.247 bits per heavy atom. The summed E-state index contributed by atoms with van der Waals surface area (Å²) in [5.41, 5.74) is 11.3.